The first-order valence-electron chi connectivity index (χ1n) is 37.1. The summed E-state index contributed by atoms with van der Waals surface area (Å²) in [4.78, 5) is 38.0. The van der Waals surface area contributed by atoms with Crippen LogP contribution in [0.2, 0.25) is 0 Å². The standard InChI is InChI=1S/C77H142O6/c1-4-7-10-13-15-17-19-21-23-25-27-29-31-33-34-35-36-37-38-39-40-41-42-44-45-47-49-51-53-55-57-59-61-64-67-70-76(79)82-73-74(72-81-75(78)69-66-63-12-9-6-3)83-77(80)71-68-65-62-60-58-56-54-52-50-48-46-43-32-30-28-26-24-22-20-18-16-14-11-8-5-2/h8,11,16,18,22,24,28,30,74H,4-7,9-10,12-15,17,19-21,23,25-27,29,31-73H2,1-3H3/b11-8-,18-16-,24-22-,30-28-. The van der Waals surface area contributed by atoms with E-state index in [0.717, 1.165) is 89.9 Å². The van der Waals surface area contributed by atoms with Gasteiger partial charge in [0.2, 0.25) is 0 Å². The molecule has 0 fully saturated rings. The van der Waals surface area contributed by atoms with Gasteiger partial charge in [0.1, 0.15) is 13.2 Å². The van der Waals surface area contributed by atoms with E-state index in [1.807, 2.05) is 0 Å². The highest BCUT2D eigenvalue weighted by molar-refractivity contribution is 5.71. The Kier molecular flexibility index (Phi) is 69.6. The first-order valence-corrected chi connectivity index (χ1v) is 37.1. The zero-order valence-corrected chi connectivity index (χ0v) is 56.0. The molecule has 0 saturated carbocycles. The second-order valence-electron chi connectivity index (χ2n) is 25.2. The van der Waals surface area contributed by atoms with E-state index in [2.05, 4.69) is 69.4 Å². The summed E-state index contributed by atoms with van der Waals surface area (Å²) in [5.41, 5.74) is 0. The van der Waals surface area contributed by atoms with Gasteiger partial charge in [0.15, 0.2) is 6.10 Å². The average molecular weight is 1160 g/mol. The maximum atomic E-state index is 12.9. The lowest BCUT2D eigenvalue weighted by molar-refractivity contribution is -0.167. The fraction of sp³-hybridized carbons (Fsp3) is 0.857. The van der Waals surface area contributed by atoms with Gasteiger partial charge < -0.3 is 14.2 Å². The van der Waals surface area contributed by atoms with Gasteiger partial charge in [-0.15, -0.1) is 0 Å². The van der Waals surface area contributed by atoms with Crippen LogP contribution in [0.3, 0.4) is 0 Å². The minimum Gasteiger partial charge on any atom is -0.462 e. The number of hydrogen-bond acceptors (Lipinski definition) is 6. The molecule has 0 aliphatic rings. The second-order valence-corrected chi connectivity index (χ2v) is 25.2. The molecule has 0 aliphatic heterocycles. The van der Waals surface area contributed by atoms with Crippen LogP contribution in [-0.2, 0) is 28.6 Å². The Hall–Kier alpha value is -2.63. The molecule has 0 heterocycles. The van der Waals surface area contributed by atoms with E-state index in [-0.39, 0.29) is 31.1 Å². The molecule has 1 atom stereocenters. The number of allylic oxidation sites excluding steroid dienone is 8. The highest BCUT2D eigenvalue weighted by Gasteiger charge is 2.19. The maximum Gasteiger partial charge on any atom is 0.306 e. The molecule has 6 nitrogen and oxygen atoms in total. The predicted octanol–water partition coefficient (Wildman–Crippen LogP) is 25.7. The molecule has 0 aromatic rings. The fourth-order valence-electron chi connectivity index (χ4n) is 11.3. The van der Waals surface area contributed by atoms with Crippen molar-refractivity contribution in [3.63, 3.8) is 0 Å². The number of hydrogen-bond donors (Lipinski definition) is 0. The molecule has 0 rings (SSSR count). The number of carbonyl (C=O) groups excluding carboxylic acids is 3. The summed E-state index contributed by atoms with van der Waals surface area (Å²) < 4.78 is 16.8. The molecule has 1 unspecified atom stereocenters. The number of rotatable bonds is 69. The molecular formula is C77H142O6. The van der Waals surface area contributed by atoms with E-state index in [0.29, 0.717) is 19.3 Å². The second kappa shape index (κ2) is 71.8. The van der Waals surface area contributed by atoms with Gasteiger partial charge in [0, 0.05) is 19.3 Å². The van der Waals surface area contributed by atoms with Crippen molar-refractivity contribution < 1.29 is 28.6 Å². The van der Waals surface area contributed by atoms with Gasteiger partial charge in [-0.05, 0) is 57.8 Å². The van der Waals surface area contributed by atoms with Gasteiger partial charge in [-0.2, -0.15) is 0 Å². The Morgan fingerprint density at radius 1 is 0.253 bits per heavy atom. The van der Waals surface area contributed by atoms with Crippen LogP contribution in [0.25, 0.3) is 0 Å². The predicted molar refractivity (Wildman–Crippen MR) is 362 cm³/mol. The van der Waals surface area contributed by atoms with Crippen LogP contribution < -0.4 is 0 Å². The molecule has 0 saturated heterocycles. The maximum absolute atomic E-state index is 12.9. The van der Waals surface area contributed by atoms with Crippen LogP contribution >= 0.6 is 0 Å². The Morgan fingerprint density at radius 2 is 0.470 bits per heavy atom. The first kappa shape index (κ1) is 80.4. The summed E-state index contributed by atoms with van der Waals surface area (Å²) in [5, 5.41) is 0. The highest BCUT2D eigenvalue weighted by Crippen LogP contribution is 2.19. The lowest BCUT2D eigenvalue weighted by Gasteiger charge is -2.18. The summed E-state index contributed by atoms with van der Waals surface area (Å²) in [7, 11) is 0. The van der Waals surface area contributed by atoms with Crippen molar-refractivity contribution in [2.75, 3.05) is 13.2 Å². The molecule has 0 N–H and O–H groups in total. The minimum atomic E-state index is -0.770. The fourth-order valence-corrected chi connectivity index (χ4v) is 11.3. The molecule has 0 aromatic carbocycles. The Labute approximate surface area is 518 Å². The number of unbranched alkanes of at least 4 members (excludes halogenated alkanes) is 50. The van der Waals surface area contributed by atoms with Crippen molar-refractivity contribution in [1.29, 1.82) is 0 Å². The third-order valence-electron chi connectivity index (χ3n) is 16.8. The van der Waals surface area contributed by atoms with E-state index >= 15 is 0 Å². The summed E-state index contributed by atoms with van der Waals surface area (Å²) in [6.07, 6.45) is 92.3. The van der Waals surface area contributed by atoms with Crippen molar-refractivity contribution in [1.82, 2.24) is 0 Å². The largest absolute Gasteiger partial charge is 0.462 e. The van der Waals surface area contributed by atoms with E-state index in [1.165, 1.54) is 276 Å². The van der Waals surface area contributed by atoms with Crippen molar-refractivity contribution in [2.24, 2.45) is 0 Å². The molecule has 0 spiro atoms. The van der Waals surface area contributed by atoms with Gasteiger partial charge >= 0.3 is 17.9 Å². The monoisotopic (exact) mass is 1160 g/mol. The zero-order valence-electron chi connectivity index (χ0n) is 56.0. The quantitative estimate of drug-likeness (QED) is 0.0261. The van der Waals surface area contributed by atoms with Crippen molar-refractivity contribution in [2.45, 2.75) is 412 Å². The Balaban J connectivity index is 3.87. The number of ether oxygens (including phenoxy) is 3. The van der Waals surface area contributed by atoms with Crippen LogP contribution in [0.15, 0.2) is 48.6 Å². The third kappa shape index (κ3) is 70.0. The van der Waals surface area contributed by atoms with Crippen LogP contribution in [0.1, 0.15) is 406 Å². The lowest BCUT2D eigenvalue weighted by Crippen LogP contribution is -2.30. The van der Waals surface area contributed by atoms with Gasteiger partial charge in [0.25, 0.3) is 0 Å². The van der Waals surface area contributed by atoms with Crippen LogP contribution in [0.4, 0.5) is 0 Å². The van der Waals surface area contributed by atoms with Gasteiger partial charge in [-0.1, -0.05) is 378 Å². The summed E-state index contributed by atoms with van der Waals surface area (Å²) in [6.45, 7) is 6.51. The van der Waals surface area contributed by atoms with E-state index in [9.17, 15) is 14.4 Å². The highest BCUT2D eigenvalue weighted by atomic mass is 16.6. The Morgan fingerprint density at radius 3 is 0.735 bits per heavy atom. The molecular weight excluding hydrogens is 1020 g/mol. The van der Waals surface area contributed by atoms with Gasteiger partial charge in [0.05, 0.1) is 0 Å². The summed E-state index contributed by atoms with van der Waals surface area (Å²) in [5.74, 6) is -0.862. The van der Waals surface area contributed by atoms with E-state index in [1.54, 1.807) is 0 Å². The number of carbonyl (C=O) groups is 3. The molecule has 0 aliphatic carbocycles. The van der Waals surface area contributed by atoms with Gasteiger partial charge in [-0.25, -0.2) is 0 Å². The lowest BCUT2D eigenvalue weighted by atomic mass is 10.0. The van der Waals surface area contributed by atoms with E-state index < -0.39 is 6.10 Å². The molecule has 0 aromatic heterocycles. The first-order chi connectivity index (χ1) is 41.0. The molecule has 486 valence electrons. The van der Waals surface area contributed by atoms with Crippen LogP contribution in [0.5, 0.6) is 0 Å². The molecule has 83 heavy (non-hydrogen) atoms. The topological polar surface area (TPSA) is 78.9 Å². The van der Waals surface area contributed by atoms with Crippen molar-refractivity contribution in [3.05, 3.63) is 48.6 Å². The molecule has 0 bridgehead atoms. The average Bonchev–Trinajstić information content (AvgIpc) is 3.49. The molecule has 6 heteroatoms. The Bertz CT molecular complexity index is 1430. The SMILES string of the molecule is CC/C=C\C/C=C\C/C=C\C/C=C\CCCCCCCCCCCCCCC(=O)OC(COC(=O)CCCCCCC)COC(=O)CCCCCCCCCCCCCCCCCCCCCCCCCCCCCCCCCCCCC. The third-order valence-corrected chi connectivity index (χ3v) is 16.8. The van der Waals surface area contributed by atoms with Crippen molar-refractivity contribution >= 4 is 17.9 Å². The smallest absolute Gasteiger partial charge is 0.306 e. The summed E-state index contributed by atoms with van der Waals surface area (Å²) in [6, 6.07) is 0. The normalized spacial score (nSPS) is 12.3. The van der Waals surface area contributed by atoms with Gasteiger partial charge in [-0.3, -0.25) is 14.4 Å². The number of esters is 3. The van der Waals surface area contributed by atoms with Crippen molar-refractivity contribution in [3.8, 4) is 0 Å². The minimum absolute atomic E-state index is 0.0694. The zero-order chi connectivity index (χ0) is 59.9. The van der Waals surface area contributed by atoms with Crippen LogP contribution in [-0.4, -0.2) is 37.2 Å². The summed E-state index contributed by atoms with van der Waals surface area (Å²) >= 11 is 0. The van der Waals surface area contributed by atoms with E-state index in [4.69, 9.17) is 14.2 Å². The molecule has 0 amide bonds. The van der Waals surface area contributed by atoms with Crippen LogP contribution in [0, 0.1) is 0 Å². The molecule has 0 radical (unpaired) electrons.